The molecule has 4 aromatic carbocycles. The summed E-state index contributed by atoms with van der Waals surface area (Å²) in [4.78, 5) is 4.45. The standard InChI is InChI=1S/C33H32N4O5S2/c38-20-23-9-11-26(12-10-23)31-18-29(21-43-33-34-22-35-37-33)41-32(42-31)27-15-13-25(14-16-27)28-6-4-5-24(17-28)19-36-44(39,40)30-7-2-1-3-8-30/h1-17,22,29,31-32,36,38H,18-21H2,(H,34,35,37)/t29-,31+,32+/m1/s1. The van der Waals surface area contributed by atoms with E-state index in [1.165, 1.54) is 6.33 Å². The number of thioether (sulfide) groups is 1. The molecule has 1 aliphatic rings. The molecule has 2 heterocycles. The van der Waals surface area contributed by atoms with Gasteiger partial charge in [0.2, 0.25) is 10.0 Å². The third-order valence-electron chi connectivity index (χ3n) is 7.38. The van der Waals surface area contributed by atoms with Crippen LogP contribution in [0.4, 0.5) is 0 Å². The van der Waals surface area contributed by atoms with Gasteiger partial charge in [0.05, 0.1) is 23.7 Å². The highest BCUT2D eigenvalue weighted by molar-refractivity contribution is 7.99. The summed E-state index contributed by atoms with van der Waals surface area (Å²) in [6.07, 6.45) is 1.32. The molecule has 0 spiro atoms. The Kier molecular flexibility index (Phi) is 9.51. The highest BCUT2D eigenvalue weighted by Crippen LogP contribution is 2.39. The van der Waals surface area contributed by atoms with Crippen molar-refractivity contribution in [3.05, 3.63) is 132 Å². The Morgan fingerprint density at radius 3 is 2.36 bits per heavy atom. The van der Waals surface area contributed by atoms with Crippen molar-refractivity contribution in [2.24, 2.45) is 0 Å². The number of ether oxygens (including phenoxy) is 2. The predicted octanol–water partition coefficient (Wildman–Crippen LogP) is 5.78. The van der Waals surface area contributed by atoms with Crippen LogP contribution < -0.4 is 4.72 Å². The van der Waals surface area contributed by atoms with E-state index < -0.39 is 16.3 Å². The highest BCUT2D eigenvalue weighted by Gasteiger charge is 2.32. The van der Waals surface area contributed by atoms with Crippen LogP contribution in [-0.4, -0.2) is 40.6 Å². The molecule has 0 aliphatic carbocycles. The Balaban J connectivity index is 1.16. The molecule has 6 rings (SSSR count). The SMILES string of the molecule is O=S(=O)(NCc1cccc(-c2ccc([C@H]3O[C@@H](CSc4ncn[nH]4)C[C@@H](c4ccc(CO)cc4)O3)cc2)c1)c1ccccc1. The lowest BCUT2D eigenvalue weighted by atomic mass is 9.99. The molecule has 5 aromatic rings. The summed E-state index contributed by atoms with van der Waals surface area (Å²) in [5.41, 5.74) is 5.59. The number of aliphatic hydroxyl groups excluding tert-OH is 1. The molecule has 0 unspecified atom stereocenters. The van der Waals surface area contributed by atoms with Crippen LogP contribution in [0.2, 0.25) is 0 Å². The van der Waals surface area contributed by atoms with Crippen LogP contribution >= 0.6 is 11.8 Å². The van der Waals surface area contributed by atoms with Gasteiger partial charge in [0, 0.05) is 24.3 Å². The fourth-order valence-corrected chi connectivity index (χ4v) is 6.85. The predicted molar refractivity (Wildman–Crippen MR) is 168 cm³/mol. The zero-order chi connectivity index (χ0) is 30.4. The van der Waals surface area contributed by atoms with E-state index in [9.17, 15) is 13.5 Å². The zero-order valence-electron chi connectivity index (χ0n) is 23.7. The molecule has 226 valence electrons. The van der Waals surface area contributed by atoms with Gasteiger partial charge in [-0.25, -0.2) is 18.1 Å². The normalized spacial score (nSPS) is 18.7. The van der Waals surface area contributed by atoms with E-state index >= 15 is 0 Å². The van der Waals surface area contributed by atoms with Gasteiger partial charge in [0.25, 0.3) is 0 Å². The number of H-pyrrole nitrogens is 1. The van der Waals surface area contributed by atoms with Crippen LogP contribution in [0, 0.1) is 0 Å². The van der Waals surface area contributed by atoms with Gasteiger partial charge in [-0.3, -0.25) is 5.10 Å². The monoisotopic (exact) mass is 628 g/mol. The number of aliphatic hydroxyl groups is 1. The van der Waals surface area contributed by atoms with Gasteiger partial charge in [-0.05, 0) is 46.0 Å². The quantitative estimate of drug-likeness (QED) is 0.157. The summed E-state index contributed by atoms with van der Waals surface area (Å²) < 4.78 is 40.9. The minimum atomic E-state index is -3.60. The lowest BCUT2D eigenvalue weighted by molar-refractivity contribution is -0.245. The molecule has 0 radical (unpaired) electrons. The van der Waals surface area contributed by atoms with E-state index in [-0.39, 0.29) is 30.3 Å². The van der Waals surface area contributed by atoms with Crippen molar-refractivity contribution in [2.75, 3.05) is 5.75 Å². The Bertz CT molecular complexity index is 1750. The van der Waals surface area contributed by atoms with E-state index in [4.69, 9.17) is 9.47 Å². The first-order valence-electron chi connectivity index (χ1n) is 14.2. The molecule has 1 fully saturated rings. The van der Waals surface area contributed by atoms with Gasteiger partial charge in [0.15, 0.2) is 11.4 Å². The molecule has 3 N–H and O–H groups in total. The van der Waals surface area contributed by atoms with Crippen LogP contribution in [-0.2, 0) is 32.6 Å². The molecule has 0 bridgehead atoms. The van der Waals surface area contributed by atoms with E-state index in [1.807, 2.05) is 72.8 Å². The maximum absolute atomic E-state index is 12.7. The Labute approximate surface area is 260 Å². The number of sulfonamides is 1. The molecular formula is C33H32N4O5S2. The third-order valence-corrected chi connectivity index (χ3v) is 9.80. The Morgan fingerprint density at radius 2 is 1.64 bits per heavy atom. The van der Waals surface area contributed by atoms with E-state index in [1.54, 1.807) is 42.1 Å². The van der Waals surface area contributed by atoms with Gasteiger partial charge in [-0.1, -0.05) is 96.7 Å². The van der Waals surface area contributed by atoms with Crippen LogP contribution in [0.15, 0.2) is 120 Å². The molecule has 9 nitrogen and oxygen atoms in total. The summed E-state index contributed by atoms with van der Waals surface area (Å²) in [5.74, 6) is 0.680. The van der Waals surface area contributed by atoms with E-state index in [0.29, 0.717) is 12.2 Å². The largest absolute Gasteiger partial charge is 0.392 e. The molecule has 1 aliphatic heterocycles. The molecule has 0 saturated carbocycles. The third kappa shape index (κ3) is 7.44. The smallest absolute Gasteiger partial charge is 0.240 e. The van der Waals surface area contributed by atoms with Crippen LogP contribution in [0.3, 0.4) is 0 Å². The average Bonchev–Trinajstić information content (AvgIpc) is 3.61. The minimum absolute atomic E-state index is 0.00740. The molecule has 1 saturated heterocycles. The van der Waals surface area contributed by atoms with Gasteiger partial charge < -0.3 is 14.6 Å². The second kappa shape index (κ2) is 13.9. The highest BCUT2D eigenvalue weighted by atomic mass is 32.2. The van der Waals surface area contributed by atoms with Crippen LogP contribution in [0.25, 0.3) is 11.1 Å². The van der Waals surface area contributed by atoms with Crippen molar-refractivity contribution in [3.63, 3.8) is 0 Å². The molecular weight excluding hydrogens is 597 g/mol. The number of benzene rings is 4. The molecule has 11 heteroatoms. The zero-order valence-corrected chi connectivity index (χ0v) is 25.4. The number of aromatic amines is 1. The number of hydrogen-bond donors (Lipinski definition) is 3. The molecule has 3 atom stereocenters. The van der Waals surface area contributed by atoms with Crippen LogP contribution in [0.5, 0.6) is 0 Å². The Morgan fingerprint density at radius 1 is 0.864 bits per heavy atom. The first kappa shape index (κ1) is 30.2. The van der Waals surface area contributed by atoms with Gasteiger partial charge in [0.1, 0.15) is 6.33 Å². The molecule has 0 amide bonds. The summed E-state index contributed by atoms with van der Waals surface area (Å²) in [5, 5.41) is 17.0. The number of nitrogens with zero attached hydrogens (tertiary/aromatic N) is 2. The van der Waals surface area contributed by atoms with Crippen molar-refractivity contribution in [2.45, 2.75) is 48.1 Å². The summed E-state index contributed by atoms with van der Waals surface area (Å²) >= 11 is 1.55. The average molecular weight is 629 g/mol. The number of hydrogen-bond acceptors (Lipinski definition) is 8. The van der Waals surface area contributed by atoms with Gasteiger partial charge >= 0.3 is 0 Å². The summed E-state index contributed by atoms with van der Waals surface area (Å²) in [6, 6.07) is 32.0. The topological polar surface area (TPSA) is 126 Å². The number of rotatable bonds is 11. The van der Waals surface area contributed by atoms with Crippen molar-refractivity contribution < 1.29 is 23.0 Å². The van der Waals surface area contributed by atoms with Crippen molar-refractivity contribution >= 4 is 21.8 Å². The lowest BCUT2D eigenvalue weighted by Crippen LogP contribution is -2.31. The summed E-state index contributed by atoms with van der Waals surface area (Å²) in [7, 11) is -3.60. The van der Waals surface area contributed by atoms with Crippen LogP contribution in [0.1, 0.15) is 41.1 Å². The summed E-state index contributed by atoms with van der Waals surface area (Å²) in [6.45, 7) is 0.174. The fraction of sp³-hybridized carbons (Fsp3) is 0.212. The molecule has 44 heavy (non-hydrogen) atoms. The van der Waals surface area contributed by atoms with Crippen molar-refractivity contribution in [1.29, 1.82) is 0 Å². The minimum Gasteiger partial charge on any atom is -0.392 e. The maximum atomic E-state index is 12.7. The van der Waals surface area contributed by atoms with Gasteiger partial charge in [-0.15, -0.1) is 0 Å². The maximum Gasteiger partial charge on any atom is 0.240 e. The van der Waals surface area contributed by atoms with Gasteiger partial charge in [-0.2, -0.15) is 5.10 Å². The van der Waals surface area contributed by atoms with Crippen molar-refractivity contribution in [1.82, 2.24) is 19.9 Å². The fourth-order valence-electron chi connectivity index (χ4n) is 5.01. The second-order valence-corrected chi connectivity index (χ2v) is 13.2. The first-order chi connectivity index (χ1) is 21.5. The Hall–Kier alpha value is -3.84. The molecule has 1 aromatic heterocycles. The lowest BCUT2D eigenvalue weighted by Gasteiger charge is -2.36. The number of aromatic nitrogens is 3. The second-order valence-electron chi connectivity index (χ2n) is 10.4. The van der Waals surface area contributed by atoms with E-state index in [2.05, 4.69) is 19.9 Å². The van der Waals surface area contributed by atoms with E-state index in [0.717, 1.165) is 38.5 Å². The first-order valence-corrected chi connectivity index (χ1v) is 16.7. The van der Waals surface area contributed by atoms with Crippen molar-refractivity contribution in [3.8, 4) is 11.1 Å². The number of nitrogens with one attached hydrogen (secondary N) is 2.